The number of benzene rings is 2. The molecule has 0 bridgehead atoms. The monoisotopic (exact) mass is 407 g/mol. The van der Waals surface area contributed by atoms with Crippen molar-refractivity contribution in [3.63, 3.8) is 0 Å². The Morgan fingerprint density at radius 1 is 1.11 bits per heavy atom. The van der Waals surface area contributed by atoms with Crippen molar-refractivity contribution in [1.29, 1.82) is 0 Å². The van der Waals surface area contributed by atoms with Gasteiger partial charge in [0.15, 0.2) is 0 Å². The van der Waals surface area contributed by atoms with Crippen molar-refractivity contribution < 1.29 is 17.6 Å². The molecule has 8 heteroatoms. The second-order valence-electron chi connectivity index (χ2n) is 6.93. The van der Waals surface area contributed by atoms with Crippen LogP contribution >= 0.6 is 0 Å². The van der Waals surface area contributed by atoms with Gasteiger partial charge in [0, 0.05) is 14.1 Å². The molecule has 0 aromatic heterocycles. The molecule has 1 atom stereocenters. The summed E-state index contributed by atoms with van der Waals surface area (Å²) in [7, 11) is -1.03. The van der Waals surface area contributed by atoms with Crippen LogP contribution < -0.4 is 9.62 Å². The lowest BCUT2D eigenvalue weighted by Gasteiger charge is -2.29. The summed E-state index contributed by atoms with van der Waals surface area (Å²) in [5.41, 5.74) is 2.82. The van der Waals surface area contributed by atoms with E-state index < -0.39 is 22.2 Å². The molecule has 0 spiro atoms. The molecular formula is C20H26FN3O3S. The van der Waals surface area contributed by atoms with Gasteiger partial charge in [-0.05, 0) is 55.7 Å². The highest BCUT2D eigenvalue weighted by atomic mass is 32.2. The van der Waals surface area contributed by atoms with Crippen molar-refractivity contribution >= 4 is 21.8 Å². The smallest absolute Gasteiger partial charge is 0.304 e. The van der Waals surface area contributed by atoms with Crippen LogP contribution in [0.2, 0.25) is 0 Å². The number of carbonyl (C=O) groups excluding carboxylic acids is 1. The number of nitrogens with zero attached hydrogens (tertiary/aromatic N) is 2. The fourth-order valence-corrected chi connectivity index (χ4v) is 3.85. The van der Waals surface area contributed by atoms with E-state index >= 15 is 0 Å². The number of aryl methyl sites for hydroxylation is 2. The molecule has 0 radical (unpaired) electrons. The Morgan fingerprint density at radius 3 is 2.29 bits per heavy atom. The molecule has 2 aromatic carbocycles. The standard InChI is InChI=1S/C20H26FN3O3S/c1-14-6-7-15(2)19(12-14)24(28(26,27)23(4)5)13-20(25)22-16(3)17-8-10-18(21)11-9-17/h6-12,16H,13H2,1-5H3,(H,22,25)/t16-/m0/s1. The highest BCUT2D eigenvalue weighted by Crippen LogP contribution is 2.25. The first kappa shape index (κ1) is 21.8. The zero-order valence-corrected chi connectivity index (χ0v) is 17.5. The van der Waals surface area contributed by atoms with Gasteiger partial charge >= 0.3 is 10.2 Å². The lowest BCUT2D eigenvalue weighted by atomic mass is 10.1. The van der Waals surface area contributed by atoms with Gasteiger partial charge in [0.25, 0.3) is 0 Å². The molecule has 0 aliphatic carbocycles. The highest BCUT2D eigenvalue weighted by Gasteiger charge is 2.29. The molecule has 0 saturated heterocycles. The predicted molar refractivity (Wildman–Crippen MR) is 109 cm³/mol. The zero-order chi connectivity index (χ0) is 21.1. The minimum atomic E-state index is -3.88. The normalized spacial score (nSPS) is 12.7. The Bertz CT molecular complexity index is 944. The summed E-state index contributed by atoms with van der Waals surface area (Å²) >= 11 is 0. The number of amides is 1. The number of hydrogen-bond acceptors (Lipinski definition) is 3. The van der Waals surface area contributed by atoms with E-state index in [1.54, 1.807) is 32.0 Å². The molecule has 0 saturated carbocycles. The van der Waals surface area contributed by atoms with Gasteiger partial charge in [0.1, 0.15) is 12.4 Å². The van der Waals surface area contributed by atoms with Crippen molar-refractivity contribution in [1.82, 2.24) is 9.62 Å². The molecule has 2 rings (SSSR count). The largest absolute Gasteiger partial charge is 0.348 e. The Morgan fingerprint density at radius 2 is 1.71 bits per heavy atom. The summed E-state index contributed by atoms with van der Waals surface area (Å²) in [6, 6.07) is 10.9. The topological polar surface area (TPSA) is 69.7 Å². The SMILES string of the molecule is Cc1ccc(C)c(N(CC(=O)N[C@@H](C)c2ccc(F)cc2)S(=O)(=O)N(C)C)c1. The summed E-state index contributed by atoms with van der Waals surface area (Å²) in [5, 5.41) is 2.77. The van der Waals surface area contributed by atoms with E-state index in [1.807, 2.05) is 19.1 Å². The summed E-state index contributed by atoms with van der Waals surface area (Å²) < 4.78 is 41.0. The summed E-state index contributed by atoms with van der Waals surface area (Å²) in [6.07, 6.45) is 0. The second kappa shape index (κ2) is 8.70. The summed E-state index contributed by atoms with van der Waals surface area (Å²) in [5.74, 6) is -0.816. The maximum absolute atomic E-state index is 13.1. The molecule has 0 aliphatic heterocycles. The van der Waals surface area contributed by atoms with Crippen LogP contribution in [-0.2, 0) is 15.0 Å². The predicted octanol–water partition coefficient (Wildman–Crippen LogP) is 2.93. The average Bonchev–Trinajstić information content (AvgIpc) is 2.62. The molecule has 0 aliphatic rings. The molecule has 28 heavy (non-hydrogen) atoms. The van der Waals surface area contributed by atoms with Crippen molar-refractivity contribution in [2.24, 2.45) is 0 Å². The van der Waals surface area contributed by atoms with Gasteiger partial charge in [-0.2, -0.15) is 12.7 Å². The Balaban J connectivity index is 2.28. The van der Waals surface area contributed by atoms with Crippen LogP contribution in [0.5, 0.6) is 0 Å². The third-order valence-electron chi connectivity index (χ3n) is 4.41. The maximum atomic E-state index is 13.1. The fraction of sp³-hybridized carbons (Fsp3) is 0.350. The van der Waals surface area contributed by atoms with Crippen LogP contribution in [0.1, 0.15) is 29.7 Å². The molecule has 0 unspecified atom stereocenters. The number of halogens is 1. The van der Waals surface area contributed by atoms with Crippen molar-refractivity contribution in [2.75, 3.05) is 24.9 Å². The van der Waals surface area contributed by atoms with Crippen LogP contribution in [0.25, 0.3) is 0 Å². The van der Waals surface area contributed by atoms with Crippen LogP contribution in [-0.4, -0.2) is 39.3 Å². The van der Waals surface area contributed by atoms with E-state index in [4.69, 9.17) is 0 Å². The van der Waals surface area contributed by atoms with Gasteiger partial charge in [-0.15, -0.1) is 0 Å². The summed E-state index contributed by atoms with van der Waals surface area (Å²) in [6.45, 7) is 5.05. The van der Waals surface area contributed by atoms with Gasteiger partial charge in [-0.3, -0.25) is 4.79 Å². The van der Waals surface area contributed by atoms with E-state index in [0.717, 1.165) is 25.3 Å². The van der Waals surface area contributed by atoms with Crippen LogP contribution in [0.4, 0.5) is 10.1 Å². The van der Waals surface area contributed by atoms with E-state index in [9.17, 15) is 17.6 Å². The first-order valence-electron chi connectivity index (χ1n) is 8.84. The quantitative estimate of drug-likeness (QED) is 0.767. The number of nitrogens with one attached hydrogen (secondary N) is 1. The Labute approximate surface area is 166 Å². The molecule has 1 amide bonds. The van der Waals surface area contributed by atoms with Gasteiger partial charge in [0.05, 0.1) is 11.7 Å². The molecule has 152 valence electrons. The zero-order valence-electron chi connectivity index (χ0n) is 16.7. The van der Waals surface area contributed by atoms with Crippen LogP contribution in [0.3, 0.4) is 0 Å². The minimum absolute atomic E-state index is 0.361. The van der Waals surface area contributed by atoms with Gasteiger partial charge in [-0.25, -0.2) is 8.70 Å². The molecule has 6 nitrogen and oxygen atoms in total. The van der Waals surface area contributed by atoms with Crippen molar-refractivity contribution in [3.8, 4) is 0 Å². The van der Waals surface area contributed by atoms with E-state index in [0.29, 0.717) is 5.69 Å². The third kappa shape index (κ3) is 5.08. The fourth-order valence-electron chi connectivity index (χ4n) is 2.73. The number of carbonyl (C=O) groups is 1. The molecule has 1 N–H and O–H groups in total. The lowest BCUT2D eigenvalue weighted by molar-refractivity contribution is -0.120. The van der Waals surface area contributed by atoms with Gasteiger partial charge in [0.2, 0.25) is 5.91 Å². The maximum Gasteiger partial charge on any atom is 0.304 e. The van der Waals surface area contributed by atoms with E-state index in [1.165, 1.54) is 26.2 Å². The lowest BCUT2D eigenvalue weighted by Crippen LogP contribution is -2.46. The number of anilines is 1. The first-order chi connectivity index (χ1) is 13.0. The highest BCUT2D eigenvalue weighted by molar-refractivity contribution is 7.90. The van der Waals surface area contributed by atoms with Crippen LogP contribution in [0, 0.1) is 19.7 Å². The Kier molecular flexibility index (Phi) is 6.79. The van der Waals surface area contributed by atoms with E-state index in [2.05, 4.69) is 5.32 Å². The third-order valence-corrected chi connectivity index (χ3v) is 6.21. The average molecular weight is 408 g/mol. The van der Waals surface area contributed by atoms with Crippen molar-refractivity contribution in [3.05, 3.63) is 65.0 Å². The van der Waals surface area contributed by atoms with Gasteiger partial charge in [-0.1, -0.05) is 24.3 Å². The van der Waals surface area contributed by atoms with E-state index in [-0.39, 0.29) is 12.4 Å². The summed E-state index contributed by atoms with van der Waals surface area (Å²) in [4.78, 5) is 12.6. The Hall–Kier alpha value is -2.45. The van der Waals surface area contributed by atoms with Crippen molar-refractivity contribution in [2.45, 2.75) is 26.8 Å². The minimum Gasteiger partial charge on any atom is -0.348 e. The molecular weight excluding hydrogens is 381 g/mol. The first-order valence-corrected chi connectivity index (χ1v) is 10.2. The molecule has 2 aromatic rings. The number of hydrogen-bond donors (Lipinski definition) is 1. The molecule has 0 heterocycles. The molecule has 0 fully saturated rings. The number of rotatable bonds is 7. The van der Waals surface area contributed by atoms with Crippen LogP contribution in [0.15, 0.2) is 42.5 Å². The second-order valence-corrected chi connectivity index (χ2v) is 8.99. The van der Waals surface area contributed by atoms with Gasteiger partial charge < -0.3 is 5.32 Å².